The number of β-amino-alcohol motifs (C(OH)–C–C–N with tert-alkyl or cyclic N) is 1. The first-order valence-corrected chi connectivity index (χ1v) is 8.58. The van der Waals surface area contributed by atoms with Gasteiger partial charge in [0.2, 0.25) is 0 Å². The molecule has 2 N–H and O–H groups in total. The molecule has 2 aliphatic rings. The second-order valence-electron chi connectivity index (χ2n) is 5.67. The fourth-order valence-corrected chi connectivity index (χ4v) is 4.59. The highest BCUT2D eigenvalue weighted by atomic mass is 32.2. The van der Waals surface area contributed by atoms with Gasteiger partial charge in [-0.25, -0.2) is 0 Å². The van der Waals surface area contributed by atoms with Crippen LogP contribution in [0.1, 0.15) is 11.1 Å². The first-order valence-electron chi connectivity index (χ1n) is 7.19. The normalized spacial score (nSPS) is 27.0. The van der Waals surface area contributed by atoms with E-state index in [4.69, 9.17) is 0 Å². The van der Waals surface area contributed by atoms with E-state index in [0.717, 1.165) is 12.0 Å². The predicted molar refractivity (Wildman–Crippen MR) is 79.9 cm³/mol. The SMILES string of the molecule is CN([C@H]1CNC[C@@H]1O)S(=O)(=O)N1CCc2ccccc2C1. The van der Waals surface area contributed by atoms with Crippen LogP contribution in [0, 0.1) is 0 Å². The molecular weight excluding hydrogens is 290 g/mol. The van der Waals surface area contributed by atoms with Gasteiger partial charge in [-0.15, -0.1) is 0 Å². The molecule has 7 heteroatoms. The van der Waals surface area contributed by atoms with Gasteiger partial charge in [0, 0.05) is 33.2 Å². The van der Waals surface area contributed by atoms with E-state index in [0.29, 0.717) is 26.2 Å². The molecule has 1 aromatic carbocycles. The van der Waals surface area contributed by atoms with Crippen molar-refractivity contribution in [3.8, 4) is 0 Å². The van der Waals surface area contributed by atoms with Gasteiger partial charge in [0.15, 0.2) is 0 Å². The van der Waals surface area contributed by atoms with Crippen molar-refractivity contribution in [2.45, 2.75) is 25.1 Å². The number of hydrogen-bond donors (Lipinski definition) is 2. The second-order valence-corrected chi connectivity index (χ2v) is 7.66. The Balaban J connectivity index is 1.80. The van der Waals surface area contributed by atoms with Gasteiger partial charge >= 0.3 is 0 Å². The highest BCUT2D eigenvalue weighted by molar-refractivity contribution is 7.86. The lowest BCUT2D eigenvalue weighted by Gasteiger charge is -2.34. The second kappa shape index (κ2) is 5.66. The van der Waals surface area contributed by atoms with Crippen LogP contribution < -0.4 is 5.32 Å². The van der Waals surface area contributed by atoms with Crippen molar-refractivity contribution in [2.75, 3.05) is 26.7 Å². The Hall–Kier alpha value is -0.990. The predicted octanol–water partition coefficient (Wildman–Crippen LogP) is -0.446. The fourth-order valence-electron chi connectivity index (χ4n) is 3.04. The number of benzene rings is 1. The maximum Gasteiger partial charge on any atom is 0.282 e. The average Bonchev–Trinajstić information content (AvgIpc) is 2.92. The topological polar surface area (TPSA) is 72.9 Å². The third-order valence-corrected chi connectivity index (χ3v) is 6.37. The third kappa shape index (κ3) is 2.72. The van der Waals surface area contributed by atoms with Crippen LogP contribution in [0.2, 0.25) is 0 Å². The van der Waals surface area contributed by atoms with Crippen LogP contribution in [-0.2, 0) is 23.2 Å². The van der Waals surface area contributed by atoms with E-state index in [-0.39, 0.29) is 0 Å². The molecule has 116 valence electrons. The van der Waals surface area contributed by atoms with Gasteiger partial charge in [-0.1, -0.05) is 24.3 Å². The largest absolute Gasteiger partial charge is 0.390 e. The molecule has 1 fully saturated rings. The highest BCUT2D eigenvalue weighted by Gasteiger charge is 2.38. The first kappa shape index (κ1) is 14.9. The van der Waals surface area contributed by atoms with E-state index in [9.17, 15) is 13.5 Å². The van der Waals surface area contributed by atoms with Crippen LogP contribution in [0.3, 0.4) is 0 Å². The Bertz CT molecular complexity index is 620. The van der Waals surface area contributed by atoms with E-state index < -0.39 is 22.4 Å². The monoisotopic (exact) mass is 311 g/mol. The third-order valence-electron chi connectivity index (χ3n) is 4.40. The number of nitrogens with one attached hydrogen (secondary N) is 1. The molecule has 0 unspecified atom stereocenters. The average molecular weight is 311 g/mol. The molecule has 2 atom stereocenters. The summed E-state index contributed by atoms with van der Waals surface area (Å²) in [5, 5.41) is 12.9. The van der Waals surface area contributed by atoms with Crippen LogP contribution in [0.4, 0.5) is 0 Å². The number of likely N-dealkylation sites (N-methyl/N-ethyl adjacent to an activating group) is 1. The molecule has 2 heterocycles. The van der Waals surface area contributed by atoms with Gasteiger partial charge in [0.05, 0.1) is 12.1 Å². The molecule has 0 spiro atoms. The van der Waals surface area contributed by atoms with Crippen molar-refractivity contribution in [1.29, 1.82) is 0 Å². The number of aliphatic hydroxyl groups excluding tert-OH is 1. The van der Waals surface area contributed by atoms with Crippen molar-refractivity contribution in [3.05, 3.63) is 35.4 Å². The molecule has 21 heavy (non-hydrogen) atoms. The summed E-state index contributed by atoms with van der Waals surface area (Å²) in [4.78, 5) is 0. The molecular formula is C14H21N3O3S. The Morgan fingerprint density at radius 2 is 2.00 bits per heavy atom. The van der Waals surface area contributed by atoms with Crippen LogP contribution in [-0.4, -0.2) is 61.0 Å². The van der Waals surface area contributed by atoms with Crippen LogP contribution in [0.15, 0.2) is 24.3 Å². The number of fused-ring (bicyclic) bond motifs is 1. The number of rotatable bonds is 3. The summed E-state index contributed by atoms with van der Waals surface area (Å²) in [6.07, 6.45) is 0.0798. The zero-order chi connectivity index (χ0) is 15.0. The molecule has 0 aliphatic carbocycles. The van der Waals surface area contributed by atoms with Crippen LogP contribution >= 0.6 is 0 Å². The van der Waals surface area contributed by atoms with Gasteiger partial charge < -0.3 is 10.4 Å². The van der Waals surface area contributed by atoms with Crippen LogP contribution in [0.25, 0.3) is 0 Å². The molecule has 2 aliphatic heterocycles. The van der Waals surface area contributed by atoms with Crippen molar-refractivity contribution < 1.29 is 13.5 Å². The van der Waals surface area contributed by atoms with Gasteiger partial charge in [-0.3, -0.25) is 0 Å². The van der Waals surface area contributed by atoms with E-state index in [1.807, 2.05) is 24.3 Å². The Labute approximate surface area is 125 Å². The summed E-state index contributed by atoms with van der Waals surface area (Å²) in [5.41, 5.74) is 2.28. The van der Waals surface area contributed by atoms with Gasteiger partial charge in [-0.05, 0) is 17.5 Å². The molecule has 0 aromatic heterocycles. The first-order chi connectivity index (χ1) is 10.00. The Morgan fingerprint density at radius 1 is 1.29 bits per heavy atom. The van der Waals surface area contributed by atoms with E-state index in [2.05, 4.69) is 5.32 Å². The van der Waals surface area contributed by atoms with Gasteiger partial charge in [0.25, 0.3) is 10.2 Å². The number of aliphatic hydroxyl groups is 1. The van der Waals surface area contributed by atoms with Crippen molar-refractivity contribution in [3.63, 3.8) is 0 Å². The Kier molecular flexibility index (Phi) is 4.02. The van der Waals surface area contributed by atoms with Crippen molar-refractivity contribution >= 4 is 10.2 Å². The lowest BCUT2D eigenvalue weighted by Crippen LogP contribution is -2.51. The van der Waals surface area contributed by atoms with E-state index in [1.165, 1.54) is 14.2 Å². The zero-order valence-electron chi connectivity index (χ0n) is 12.1. The lowest BCUT2D eigenvalue weighted by molar-refractivity contribution is 0.132. The summed E-state index contributed by atoms with van der Waals surface area (Å²) < 4.78 is 28.3. The Morgan fingerprint density at radius 3 is 2.67 bits per heavy atom. The molecule has 0 bridgehead atoms. The summed E-state index contributed by atoms with van der Waals surface area (Å²) in [6.45, 7) is 1.81. The number of hydrogen-bond acceptors (Lipinski definition) is 4. The van der Waals surface area contributed by atoms with Crippen molar-refractivity contribution in [2.24, 2.45) is 0 Å². The standard InChI is InChI=1S/C14H21N3O3S/c1-16(13-8-15-9-14(13)18)21(19,20)17-7-6-11-4-2-3-5-12(11)10-17/h2-5,13-15,18H,6-10H2,1H3/t13-,14-/m0/s1. The summed E-state index contributed by atoms with van der Waals surface area (Å²) in [6, 6.07) is 7.54. The smallest absolute Gasteiger partial charge is 0.282 e. The van der Waals surface area contributed by atoms with E-state index >= 15 is 0 Å². The molecule has 0 radical (unpaired) electrons. The highest BCUT2D eigenvalue weighted by Crippen LogP contribution is 2.23. The molecule has 0 saturated carbocycles. The molecule has 6 nitrogen and oxygen atoms in total. The lowest BCUT2D eigenvalue weighted by atomic mass is 10.0. The quantitative estimate of drug-likeness (QED) is 0.793. The van der Waals surface area contributed by atoms with Crippen molar-refractivity contribution in [1.82, 2.24) is 13.9 Å². The minimum absolute atomic E-state index is 0.396. The maximum absolute atomic E-state index is 12.7. The summed E-state index contributed by atoms with van der Waals surface area (Å²) in [5.74, 6) is 0. The van der Waals surface area contributed by atoms with E-state index in [1.54, 1.807) is 7.05 Å². The summed E-state index contributed by atoms with van der Waals surface area (Å²) >= 11 is 0. The number of nitrogens with zero attached hydrogens (tertiary/aromatic N) is 2. The minimum atomic E-state index is -3.55. The molecule has 1 saturated heterocycles. The molecule has 0 amide bonds. The van der Waals surface area contributed by atoms with Gasteiger partial charge in [0.1, 0.15) is 0 Å². The fraction of sp³-hybridized carbons (Fsp3) is 0.571. The molecule has 3 rings (SSSR count). The summed E-state index contributed by atoms with van der Waals surface area (Å²) in [7, 11) is -2.00. The van der Waals surface area contributed by atoms with Gasteiger partial charge in [-0.2, -0.15) is 17.0 Å². The zero-order valence-corrected chi connectivity index (χ0v) is 12.9. The molecule has 1 aromatic rings. The van der Waals surface area contributed by atoms with Crippen LogP contribution in [0.5, 0.6) is 0 Å². The minimum Gasteiger partial charge on any atom is -0.390 e. The maximum atomic E-state index is 12.7.